The zero-order chi connectivity index (χ0) is 25.3. The van der Waals surface area contributed by atoms with Crippen LogP contribution in [-0.4, -0.2) is 105 Å². The van der Waals surface area contributed by atoms with Crippen LogP contribution in [0.4, 0.5) is 0 Å². The number of nitrogens with zero attached hydrogens (tertiary/aromatic N) is 3. The van der Waals surface area contributed by atoms with Gasteiger partial charge in [-0.3, -0.25) is 9.80 Å². The highest BCUT2D eigenvalue weighted by Gasteiger charge is 2.23. The Morgan fingerprint density at radius 2 is 1.09 bits per heavy atom. The normalized spacial score (nSPS) is 14.0. The van der Waals surface area contributed by atoms with Crippen LogP contribution < -0.4 is 9.47 Å². The van der Waals surface area contributed by atoms with Gasteiger partial charge in [-0.1, -0.05) is 38.1 Å². The van der Waals surface area contributed by atoms with Crippen LogP contribution in [0.3, 0.4) is 0 Å². The summed E-state index contributed by atoms with van der Waals surface area (Å²) in [5, 5.41) is 20.2. The number of aliphatic hydroxyl groups is 2. The lowest BCUT2D eigenvalue weighted by molar-refractivity contribution is 0.0632. The van der Waals surface area contributed by atoms with E-state index in [2.05, 4.69) is 47.9 Å². The highest BCUT2D eigenvalue weighted by Crippen LogP contribution is 2.33. The first-order valence-corrected chi connectivity index (χ1v) is 11.8. The molecule has 34 heavy (non-hydrogen) atoms. The molecule has 0 spiro atoms. The molecule has 2 aromatic carbocycles. The number of likely N-dealkylation sites (N-methyl/N-ethyl adjacent to an activating group) is 2. The third-order valence-electron chi connectivity index (χ3n) is 5.66. The third kappa shape index (κ3) is 9.24. The van der Waals surface area contributed by atoms with Crippen LogP contribution >= 0.6 is 0 Å². The summed E-state index contributed by atoms with van der Waals surface area (Å²) in [6.45, 7) is 6.79. The Kier molecular flexibility index (Phi) is 10.8. The molecule has 0 saturated carbocycles. The van der Waals surface area contributed by atoms with E-state index in [4.69, 9.17) is 9.47 Å². The highest BCUT2D eigenvalue weighted by molar-refractivity contribution is 5.41. The van der Waals surface area contributed by atoms with Gasteiger partial charge in [0.05, 0.1) is 0 Å². The van der Waals surface area contributed by atoms with E-state index in [9.17, 15) is 10.2 Å². The third-order valence-corrected chi connectivity index (χ3v) is 5.66. The van der Waals surface area contributed by atoms with Crippen molar-refractivity contribution in [1.82, 2.24) is 14.7 Å². The molecule has 0 aliphatic rings. The Bertz CT molecular complexity index is 838. The van der Waals surface area contributed by atoms with Gasteiger partial charge in [0.1, 0.15) is 36.9 Å². The van der Waals surface area contributed by atoms with Gasteiger partial charge >= 0.3 is 0 Å². The predicted octanol–water partition coefficient (Wildman–Crippen LogP) is 2.50. The number of benzene rings is 2. The van der Waals surface area contributed by atoms with Gasteiger partial charge in [0.2, 0.25) is 0 Å². The second-order valence-electron chi connectivity index (χ2n) is 10.1. The molecule has 0 aromatic heterocycles. The number of ether oxygens (including phenoxy) is 2. The smallest absolute Gasteiger partial charge is 0.119 e. The molecular formula is C27H43N3O4. The van der Waals surface area contributed by atoms with Gasteiger partial charge in [0.25, 0.3) is 0 Å². The van der Waals surface area contributed by atoms with Crippen molar-refractivity contribution in [2.45, 2.75) is 31.5 Å². The van der Waals surface area contributed by atoms with Crippen LogP contribution in [0.15, 0.2) is 48.5 Å². The molecule has 0 heterocycles. The van der Waals surface area contributed by atoms with Crippen molar-refractivity contribution < 1.29 is 19.7 Å². The Labute approximate surface area is 205 Å². The van der Waals surface area contributed by atoms with Crippen LogP contribution in [0.5, 0.6) is 11.5 Å². The van der Waals surface area contributed by atoms with Crippen molar-refractivity contribution in [2.24, 2.45) is 0 Å². The fourth-order valence-corrected chi connectivity index (χ4v) is 3.91. The van der Waals surface area contributed by atoms with E-state index in [0.29, 0.717) is 13.1 Å². The van der Waals surface area contributed by atoms with E-state index in [-0.39, 0.29) is 18.6 Å². The van der Waals surface area contributed by atoms with Gasteiger partial charge in [-0.25, -0.2) is 0 Å². The number of hydrogen-bond acceptors (Lipinski definition) is 7. The van der Waals surface area contributed by atoms with Crippen LogP contribution in [0.2, 0.25) is 0 Å². The minimum atomic E-state index is -0.550. The summed E-state index contributed by atoms with van der Waals surface area (Å²) in [7, 11) is 9.84. The first-order valence-electron chi connectivity index (χ1n) is 11.8. The van der Waals surface area contributed by atoms with Crippen molar-refractivity contribution in [3.05, 3.63) is 59.7 Å². The molecule has 2 atom stereocenters. The van der Waals surface area contributed by atoms with Crippen molar-refractivity contribution in [1.29, 1.82) is 0 Å². The average Bonchev–Trinajstić information content (AvgIpc) is 2.76. The molecule has 2 aromatic rings. The van der Waals surface area contributed by atoms with Gasteiger partial charge in [0.15, 0.2) is 0 Å². The van der Waals surface area contributed by atoms with Crippen molar-refractivity contribution in [3.63, 3.8) is 0 Å². The molecule has 190 valence electrons. The second-order valence-corrected chi connectivity index (χ2v) is 10.1. The standard InChI is InChI=1S/C27H43N3O4/c1-27(2,21-8-12-25(13-9-21)33-18-23(31)16-28(3)4)22-10-14-26(15-11-22)34-19-24(32)17-30(7)20-29(5)6/h8-15,23-24,31-32H,16-20H2,1-7H3. The largest absolute Gasteiger partial charge is 0.491 e. The molecule has 2 rings (SSSR count). The van der Waals surface area contributed by atoms with Gasteiger partial charge in [0, 0.05) is 25.2 Å². The number of hydrogen-bond donors (Lipinski definition) is 2. The summed E-state index contributed by atoms with van der Waals surface area (Å²) in [6.07, 6.45) is -1.07. The van der Waals surface area contributed by atoms with Crippen molar-refractivity contribution >= 4 is 0 Å². The van der Waals surface area contributed by atoms with E-state index in [1.54, 1.807) is 0 Å². The molecule has 2 unspecified atom stereocenters. The second kappa shape index (κ2) is 13.1. The Balaban J connectivity index is 1.91. The average molecular weight is 474 g/mol. The molecule has 0 fully saturated rings. The molecule has 0 saturated heterocycles. The van der Waals surface area contributed by atoms with Crippen LogP contribution in [-0.2, 0) is 5.41 Å². The number of aliphatic hydroxyl groups excluding tert-OH is 2. The van der Waals surface area contributed by atoms with Gasteiger partial charge in [-0.2, -0.15) is 0 Å². The monoisotopic (exact) mass is 473 g/mol. The first-order chi connectivity index (χ1) is 16.0. The van der Waals surface area contributed by atoms with Crippen molar-refractivity contribution in [3.8, 4) is 11.5 Å². The van der Waals surface area contributed by atoms with Gasteiger partial charge < -0.3 is 24.6 Å². The summed E-state index contributed by atoms with van der Waals surface area (Å²) < 4.78 is 11.5. The van der Waals surface area contributed by atoms with E-state index < -0.39 is 12.2 Å². The Hall–Kier alpha value is -2.16. The molecule has 7 heteroatoms. The summed E-state index contributed by atoms with van der Waals surface area (Å²) in [4.78, 5) is 6.05. The molecule has 0 radical (unpaired) electrons. The quantitative estimate of drug-likeness (QED) is 0.409. The fraction of sp³-hybridized carbons (Fsp3) is 0.556. The minimum Gasteiger partial charge on any atom is -0.491 e. The molecule has 0 bridgehead atoms. The van der Waals surface area contributed by atoms with Crippen LogP contribution in [0.25, 0.3) is 0 Å². The molecular weight excluding hydrogens is 430 g/mol. The molecule has 0 amide bonds. The summed E-state index contributed by atoms with van der Waals surface area (Å²) in [5.41, 5.74) is 2.14. The molecule has 2 N–H and O–H groups in total. The SMILES string of the molecule is CN(C)CC(O)COc1ccc(C(C)(C)c2ccc(OCC(O)CN(C)CN(C)C)cc2)cc1. The lowest BCUT2D eigenvalue weighted by atomic mass is 9.78. The van der Waals surface area contributed by atoms with E-state index in [1.807, 2.05) is 64.4 Å². The fourth-order valence-electron chi connectivity index (χ4n) is 3.91. The predicted molar refractivity (Wildman–Crippen MR) is 138 cm³/mol. The topological polar surface area (TPSA) is 68.6 Å². The van der Waals surface area contributed by atoms with Crippen LogP contribution in [0.1, 0.15) is 25.0 Å². The Morgan fingerprint density at radius 1 is 0.676 bits per heavy atom. The number of rotatable bonds is 14. The molecule has 0 aliphatic carbocycles. The zero-order valence-electron chi connectivity index (χ0n) is 21.9. The zero-order valence-corrected chi connectivity index (χ0v) is 21.9. The lowest BCUT2D eigenvalue weighted by Gasteiger charge is -2.27. The summed E-state index contributed by atoms with van der Waals surface area (Å²) >= 11 is 0. The maximum absolute atomic E-state index is 10.2. The van der Waals surface area contributed by atoms with Crippen molar-refractivity contribution in [2.75, 3.05) is 68.2 Å². The molecule has 0 aliphatic heterocycles. The van der Waals surface area contributed by atoms with E-state index >= 15 is 0 Å². The summed E-state index contributed by atoms with van der Waals surface area (Å²) in [5.74, 6) is 1.49. The van der Waals surface area contributed by atoms with E-state index in [1.165, 1.54) is 11.1 Å². The van der Waals surface area contributed by atoms with Gasteiger partial charge in [-0.05, 0) is 70.6 Å². The van der Waals surface area contributed by atoms with Gasteiger partial charge in [-0.15, -0.1) is 0 Å². The Morgan fingerprint density at radius 3 is 1.47 bits per heavy atom. The lowest BCUT2D eigenvalue weighted by Crippen LogP contribution is -2.38. The summed E-state index contributed by atoms with van der Waals surface area (Å²) in [6, 6.07) is 16.1. The highest BCUT2D eigenvalue weighted by atomic mass is 16.5. The van der Waals surface area contributed by atoms with E-state index in [0.717, 1.165) is 18.2 Å². The minimum absolute atomic E-state index is 0.199. The molecule has 7 nitrogen and oxygen atoms in total. The first kappa shape index (κ1) is 28.1. The maximum atomic E-state index is 10.2. The maximum Gasteiger partial charge on any atom is 0.119 e. The van der Waals surface area contributed by atoms with Crippen LogP contribution in [0, 0.1) is 0 Å².